The number of aryl methyl sites for hydroxylation is 2. The van der Waals surface area contributed by atoms with Crippen LogP contribution in [-0.4, -0.2) is 31.0 Å². The molecule has 0 aliphatic rings. The summed E-state index contributed by atoms with van der Waals surface area (Å²) < 4.78 is 10.7. The first kappa shape index (κ1) is 17.9. The van der Waals surface area contributed by atoms with E-state index in [1.54, 1.807) is 14.2 Å². The van der Waals surface area contributed by atoms with Gasteiger partial charge in [-0.2, -0.15) is 0 Å². The summed E-state index contributed by atoms with van der Waals surface area (Å²) in [6, 6.07) is 11.2. The smallest absolute Gasteiger partial charge is 0.187 e. The first-order valence-electron chi connectivity index (χ1n) is 8.57. The van der Waals surface area contributed by atoms with Crippen molar-refractivity contribution >= 4 is 22.4 Å². The number of hydrogen-bond acceptors (Lipinski definition) is 4. The maximum absolute atomic E-state index is 13.1. The summed E-state index contributed by atoms with van der Waals surface area (Å²) in [6.07, 6.45) is 0. The monoisotopic (exact) mass is 352 g/mol. The fourth-order valence-electron chi connectivity index (χ4n) is 3.25. The zero-order chi connectivity index (χ0) is 18.8. The number of methoxy groups -OCH3 is 2. The van der Waals surface area contributed by atoms with Crippen LogP contribution in [0.5, 0.6) is 11.5 Å². The van der Waals surface area contributed by atoms with Crippen molar-refractivity contribution in [2.45, 2.75) is 26.8 Å². The Morgan fingerprint density at radius 2 is 1.73 bits per heavy atom. The second-order valence-electron chi connectivity index (χ2n) is 6.42. The number of aromatic amines is 1. The zero-order valence-electron chi connectivity index (χ0n) is 15.8. The number of H-pyrrole nitrogens is 1. The van der Waals surface area contributed by atoms with Crippen molar-refractivity contribution in [1.29, 1.82) is 0 Å². The number of aromatic nitrogens is 1. The lowest BCUT2D eigenvalue weighted by Gasteiger charge is -2.18. The third-order valence-electron chi connectivity index (χ3n) is 4.64. The van der Waals surface area contributed by atoms with Crippen LogP contribution in [0.1, 0.15) is 28.5 Å². The van der Waals surface area contributed by atoms with Gasteiger partial charge < -0.3 is 19.8 Å². The molecular weight excluding hydrogens is 328 g/mol. The summed E-state index contributed by atoms with van der Waals surface area (Å²) in [5.41, 5.74) is 4.43. The maximum atomic E-state index is 13.1. The van der Waals surface area contributed by atoms with Gasteiger partial charge in [0.1, 0.15) is 0 Å². The highest BCUT2D eigenvalue weighted by Gasteiger charge is 2.22. The fourth-order valence-corrected chi connectivity index (χ4v) is 3.25. The Morgan fingerprint density at radius 1 is 1.08 bits per heavy atom. The van der Waals surface area contributed by atoms with Gasteiger partial charge in [-0.25, -0.2) is 0 Å². The average molecular weight is 352 g/mol. The maximum Gasteiger partial charge on any atom is 0.187 e. The van der Waals surface area contributed by atoms with E-state index in [-0.39, 0.29) is 11.8 Å². The van der Waals surface area contributed by atoms with Crippen molar-refractivity contribution in [2.75, 3.05) is 19.5 Å². The Labute approximate surface area is 153 Å². The molecule has 0 spiro atoms. The number of nitrogens with one attached hydrogen (secondary N) is 2. The van der Waals surface area contributed by atoms with Gasteiger partial charge in [0.25, 0.3) is 0 Å². The Morgan fingerprint density at radius 3 is 2.42 bits per heavy atom. The molecule has 3 rings (SSSR count). The first-order chi connectivity index (χ1) is 12.5. The standard InChI is InChI=1S/C21H24N2O3/c1-12-10-18(25-4)19(26-5)11-17(12)23-14(3)21(24)20-13(2)22-16-9-7-6-8-15(16)20/h6-11,14,22-23H,1-5H3/t14-/m1/s1. The van der Waals surface area contributed by atoms with E-state index in [0.717, 1.165) is 33.4 Å². The molecule has 26 heavy (non-hydrogen) atoms. The van der Waals surface area contributed by atoms with Crippen LogP contribution in [0.25, 0.3) is 10.9 Å². The fraction of sp³-hybridized carbons (Fsp3) is 0.286. The number of carbonyl (C=O) groups excluding carboxylic acids is 1. The topological polar surface area (TPSA) is 63.3 Å². The molecule has 3 aromatic rings. The van der Waals surface area contributed by atoms with Gasteiger partial charge in [0.15, 0.2) is 17.3 Å². The Bertz CT molecular complexity index is 959. The van der Waals surface area contributed by atoms with E-state index in [2.05, 4.69) is 10.3 Å². The highest BCUT2D eigenvalue weighted by atomic mass is 16.5. The van der Waals surface area contributed by atoms with E-state index >= 15 is 0 Å². The molecule has 1 heterocycles. The number of ether oxygens (including phenoxy) is 2. The van der Waals surface area contributed by atoms with E-state index in [9.17, 15) is 4.79 Å². The Kier molecular flexibility index (Phi) is 4.89. The predicted octanol–water partition coefficient (Wildman–Crippen LogP) is 4.49. The van der Waals surface area contributed by atoms with E-state index in [4.69, 9.17) is 9.47 Å². The molecule has 2 aromatic carbocycles. The quantitative estimate of drug-likeness (QED) is 0.642. The highest BCUT2D eigenvalue weighted by Crippen LogP contribution is 2.33. The number of hydrogen-bond donors (Lipinski definition) is 2. The van der Waals surface area contributed by atoms with Crippen LogP contribution in [0.2, 0.25) is 0 Å². The summed E-state index contributed by atoms with van der Waals surface area (Å²) >= 11 is 0. The molecule has 136 valence electrons. The van der Waals surface area contributed by atoms with Gasteiger partial charge in [-0.15, -0.1) is 0 Å². The van der Waals surface area contributed by atoms with Crippen LogP contribution in [0.3, 0.4) is 0 Å². The van der Waals surface area contributed by atoms with Crippen LogP contribution < -0.4 is 14.8 Å². The second-order valence-corrected chi connectivity index (χ2v) is 6.42. The van der Waals surface area contributed by atoms with Crippen LogP contribution in [0, 0.1) is 13.8 Å². The van der Waals surface area contributed by atoms with Crippen molar-refractivity contribution < 1.29 is 14.3 Å². The van der Waals surface area contributed by atoms with Gasteiger partial charge in [0.2, 0.25) is 0 Å². The number of ketones is 1. The van der Waals surface area contributed by atoms with Crippen molar-refractivity contribution in [1.82, 2.24) is 4.98 Å². The van der Waals surface area contributed by atoms with E-state index < -0.39 is 0 Å². The molecule has 1 aromatic heterocycles. The molecule has 0 bridgehead atoms. The molecule has 5 nitrogen and oxygen atoms in total. The summed E-state index contributed by atoms with van der Waals surface area (Å²) in [6.45, 7) is 5.78. The first-order valence-corrected chi connectivity index (χ1v) is 8.57. The molecule has 0 amide bonds. The predicted molar refractivity (Wildman–Crippen MR) is 105 cm³/mol. The van der Waals surface area contributed by atoms with Gasteiger partial charge in [0, 0.05) is 33.9 Å². The molecule has 0 saturated carbocycles. The lowest BCUT2D eigenvalue weighted by molar-refractivity contribution is 0.0976. The molecule has 0 saturated heterocycles. The molecule has 0 fully saturated rings. The Balaban J connectivity index is 1.91. The number of rotatable bonds is 6. The summed E-state index contributed by atoms with van der Waals surface area (Å²) in [4.78, 5) is 16.4. The molecule has 2 N–H and O–H groups in total. The van der Waals surface area contributed by atoms with E-state index in [1.807, 2.05) is 57.2 Å². The van der Waals surface area contributed by atoms with Crippen LogP contribution in [-0.2, 0) is 0 Å². The molecule has 0 unspecified atom stereocenters. The van der Waals surface area contributed by atoms with Gasteiger partial charge in [-0.3, -0.25) is 4.79 Å². The second kappa shape index (κ2) is 7.12. The number of anilines is 1. The third-order valence-corrected chi connectivity index (χ3v) is 4.64. The number of Topliss-reactive ketones (excluding diaryl/α,β-unsaturated/α-hetero) is 1. The molecule has 0 radical (unpaired) electrons. The lowest BCUT2D eigenvalue weighted by atomic mass is 10.0. The Hall–Kier alpha value is -2.95. The minimum atomic E-state index is -0.385. The minimum absolute atomic E-state index is 0.0501. The molecule has 0 aliphatic heterocycles. The van der Waals surface area contributed by atoms with Gasteiger partial charge in [-0.05, 0) is 38.5 Å². The van der Waals surface area contributed by atoms with Gasteiger partial charge in [0.05, 0.1) is 20.3 Å². The van der Waals surface area contributed by atoms with Gasteiger partial charge in [-0.1, -0.05) is 18.2 Å². The number of carbonyl (C=O) groups is 1. The highest BCUT2D eigenvalue weighted by molar-refractivity contribution is 6.12. The number of para-hydroxylation sites is 1. The molecule has 0 aliphatic carbocycles. The number of benzene rings is 2. The normalized spacial score (nSPS) is 12.0. The third kappa shape index (κ3) is 3.12. The van der Waals surface area contributed by atoms with E-state index in [0.29, 0.717) is 11.5 Å². The van der Waals surface area contributed by atoms with Crippen molar-refractivity contribution in [3.05, 3.63) is 53.2 Å². The SMILES string of the molecule is COc1cc(C)c(N[C@H](C)C(=O)c2c(C)[nH]c3ccccc23)cc1OC. The van der Waals surface area contributed by atoms with Crippen LogP contribution in [0.15, 0.2) is 36.4 Å². The molecule has 1 atom stereocenters. The number of fused-ring (bicyclic) bond motifs is 1. The van der Waals surface area contributed by atoms with Crippen LogP contribution in [0.4, 0.5) is 5.69 Å². The average Bonchev–Trinajstić information content (AvgIpc) is 2.97. The molecule has 5 heteroatoms. The van der Waals surface area contributed by atoms with Crippen molar-refractivity contribution in [3.63, 3.8) is 0 Å². The van der Waals surface area contributed by atoms with Crippen molar-refractivity contribution in [3.8, 4) is 11.5 Å². The molecular formula is C21H24N2O3. The van der Waals surface area contributed by atoms with Crippen LogP contribution >= 0.6 is 0 Å². The van der Waals surface area contributed by atoms with Gasteiger partial charge >= 0.3 is 0 Å². The summed E-state index contributed by atoms with van der Waals surface area (Å²) in [7, 11) is 3.21. The van der Waals surface area contributed by atoms with Crippen molar-refractivity contribution in [2.24, 2.45) is 0 Å². The summed E-state index contributed by atoms with van der Waals surface area (Å²) in [5.74, 6) is 1.35. The van der Waals surface area contributed by atoms with E-state index in [1.165, 1.54) is 0 Å². The largest absolute Gasteiger partial charge is 0.493 e. The summed E-state index contributed by atoms with van der Waals surface area (Å²) in [5, 5.41) is 4.27. The zero-order valence-corrected chi connectivity index (χ0v) is 15.8. The lowest BCUT2D eigenvalue weighted by Crippen LogP contribution is -2.27. The minimum Gasteiger partial charge on any atom is -0.493 e.